The van der Waals surface area contributed by atoms with Gasteiger partial charge in [-0.2, -0.15) is 0 Å². The van der Waals surface area contributed by atoms with Crippen LogP contribution in [0.5, 0.6) is 5.75 Å². The van der Waals surface area contributed by atoms with E-state index in [0.717, 1.165) is 27.8 Å². The molecule has 0 spiro atoms. The van der Waals surface area contributed by atoms with Crippen LogP contribution in [0.2, 0.25) is 0 Å². The standard InChI is InChI=1S/C12H16O2S/c1-6-7(2)10(12(15)14-5)9(4)11(13)8(6)3/h13H,1-5H3. The third kappa shape index (κ3) is 1.84. The maximum Gasteiger partial charge on any atom is 0.191 e. The molecule has 0 aromatic heterocycles. The van der Waals surface area contributed by atoms with Crippen LogP contribution in [-0.2, 0) is 4.74 Å². The highest BCUT2D eigenvalue weighted by molar-refractivity contribution is 7.80. The van der Waals surface area contributed by atoms with Crippen molar-refractivity contribution in [2.24, 2.45) is 0 Å². The zero-order valence-corrected chi connectivity index (χ0v) is 10.6. The molecule has 0 aliphatic rings. The normalized spacial score (nSPS) is 10.2. The number of aromatic hydroxyl groups is 1. The van der Waals surface area contributed by atoms with Crippen molar-refractivity contribution in [2.75, 3.05) is 7.11 Å². The quantitative estimate of drug-likeness (QED) is 0.744. The highest BCUT2D eigenvalue weighted by atomic mass is 32.1. The number of hydrogen-bond acceptors (Lipinski definition) is 3. The van der Waals surface area contributed by atoms with E-state index in [-0.39, 0.29) is 0 Å². The minimum absolute atomic E-state index is 0.313. The molecule has 0 saturated carbocycles. The van der Waals surface area contributed by atoms with Gasteiger partial charge in [-0.15, -0.1) is 0 Å². The molecule has 1 rings (SSSR count). The molecular formula is C12H16O2S. The van der Waals surface area contributed by atoms with Crippen molar-refractivity contribution in [2.45, 2.75) is 27.7 Å². The first-order valence-electron chi connectivity index (χ1n) is 4.79. The Balaban J connectivity index is 3.60. The second kappa shape index (κ2) is 4.19. The van der Waals surface area contributed by atoms with E-state index in [1.165, 1.54) is 0 Å². The molecule has 2 nitrogen and oxygen atoms in total. The van der Waals surface area contributed by atoms with Gasteiger partial charge in [-0.05, 0) is 56.6 Å². The van der Waals surface area contributed by atoms with Crippen LogP contribution in [0.4, 0.5) is 0 Å². The number of phenolic OH excluding ortho intramolecular Hbond substituents is 1. The predicted molar refractivity (Wildman–Crippen MR) is 65.8 cm³/mol. The van der Waals surface area contributed by atoms with Crippen molar-refractivity contribution >= 4 is 17.3 Å². The fraction of sp³-hybridized carbons (Fsp3) is 0.417. The number of hydrogen-bond donors (Lipinski definition) is 1. The van der Waals surface area contributed by atoms with Gasteiger partial charge in [0, 0.05) is 11.1 Å². The molecule has 0 atom stereocenters. The number of rotatable bonds is 1. The lowest BCUT2D eigenvalue weighted by atomic mass is 9.93. The molecule has 1 aromatic rings. The summed E-state index contributed by atoms with van der Waals surface area (Å²) in [5.74, 6) is 0.313. The summed E-state index contributed by atoms with van der Waals surface area (Å²) in [7, 11) is 1.55. The van der Waals surface area contributed by atoms with Gasteiger partial charge in [0.15, 0.2) is 5.05 Å². The number of ether oxygens (including phenoxy) is 1. The topological polar surface area (TPSA) is 29.5 Å². The number of methoxy groups -OCH3 is 1. The lowest BCUT2D eigenvalue weighted by Crippen LogP contribution is -2.08. The summed E-state index contributed by atoms with van der Waals surface area (Å²) in [6.07, 6.45) is 0. The van der Waals surface area contributed by atoms with Gasteiger partial charge in [0.2, 0.25) is 0 Å². The molecule has 0 unspecified atom stereocenters. The van der Waals surface area contributed by atoms with Crippen LogP contribution in [0.15, 0.2) is 0 Å². The highest BCUT2D eigenvalue weighted by Gasteiger charge is 2.17. The molecule has 3 heteroatoms. The van der Waals surface area contributed by atoms with Crippen molar-refractivity contribution in [3.8, 4) is 5.75 Å². The molecule has 15 heavy (non-hydrogen) atoms. The van der Waals surface area contributed by atoms with Crippen LogP contribution >= 0.6 is 12.2 Å². The van der Waals surface area contributed by atoms with E-state index in [0.29, 0.717) is 10.8 Å². The smallest absolute Gasteiger partial charge is 0.191 e. The first-order valence-corrected chi connectivity index (χ1v) is 5.20. The lowest BCUT2D eigenvalue weighted by Gasteiger charge is -2.16. The van der Waals surface area contributed by atoms with E-state index < -0.39 is 0 Å². The Morgan fingerprint density at radius 2 is 1.53 bits per heavy atom. The minimum atomic E-state index is 0.313. The molecular weight excluding hydrogens is 208 g/mol. The van der Waals surface area contributed by atoms with Crippen LogP contribution in [-0.4, -0.2) is 17.3 Å². The van der Waals surface area contributed by atoms with E-state index in [2.05, 4.69) is 0 Å². The van der Waals surface area contributed by atoms with Crippen molar-refractivity contribution in [1.82, 2.24) is 0 Å². The van der Waals surface area contributed by atoms with Gasteiger partial charge in [-0.3, -0.25) is 0 Å². The molecule has 0 radical (unpaired) electrons. The fourth-order valence-electron chi connectivity index (χ4n) is 1.74. The summed E-state index contributed by atoms with van der Waals surface area (Å²) in [5.41, 5.74) is 4.69. The number of phenols is 1. The first-order chi connectivity index (χ1) is 6.91. The average Bonchev–Trinajstić information content (AvgIpc) is 2.23. The SMILES string of the molecule is COC(=S)c1c(C)c(C)c(C)c(O)c1C. The van der Waals surface area contributed by atoms with Gasteiger partial charge in [0.25, 0.3) is 0 Å². The van der Waals surface area contributed by atoms with Gasteiger partial charge in [-0.1, -0.05) is 0 Å². The Hall–Kier alpha value is -1.09. The second-order valence-electron chi connectivity index (χ2n) is 3.72. The molecule has 0 heterocycles. The van der Waals surface area contributed by atoms with Crippen LogP contribution in [0.1, 0.15) is 27.8 Å². The zero-order chi connectivity index (χ0) is 11.7. The molecule has 0 amide bonds. The molecule has 0 aliphatic heterocycles. The summed E-state index contributed by atoms with van der Waals surface area (Å²) in [6.45, 7) is 7.74. The van der Waals surface area contributed by atoms with Crippen LogP contribution < -0.4 is 0 Å². The molecule has 0 saturated heterocycles. The third-order valence-electron chi connectivity index (χ3n) is 2.97. The molecule has 82 valence electrons. The second-order valence-corrected chi connectivity index (χ2v) is 4.09. The molecule has 0 fully saturated rings. The predicted octanol–water partition coefficient (Wildman–Crippen LogP) is 2.95. The van der Waals surface area contributed by atoms with Crippen molar-refractivity contribution in [3.05, 3.63) is 27.8 Å². The Bertz CT molecular complexity index is 393. The van der Waals surface area contributed by atoms with Gasteiger partial charge in [0.05, 0.1) is 7.11 Å². The number of benzene rings is 1. The Kier molecular flexibility index (Phi) is 3.35. The average molecular weight is 224 g/mol. The van der Waals surface area contributed by atoms with E-state index >= 15 is 0 Å². The minimum Gasteiger partial charge on any atom is -0.507 e. The summed E-state index contributed by atoms with van der Waals surface area (Å²) in [5, 5.41) is 10.4. The van der Waals surface area contributed by atoms with E-state index in [1.807, 2.05) is 27.7 Å². The van der Waals surface area contributed by atoms with Crippen LogP contribution in [0.25, 0.3) is 0 Å². The Morgan fingerprint density at radius 3 is 2.00 bits per heavy atom. The molecule has 1 aromatic carbocycles. The molecule has 1 N–H and O–H groups in total. The van der Waals surface area contributed by atoms with Crippen LogP contribution in [0.3, 0.4) is 0 Å². The van der Waals surface area contributed by atoms with Gasteiger partial charge >= 0.3 is 0 Å². The molecule has 0 bridgehead atoms. The van der Waals surface area contributed by atoms with Crippen molar-refractivity contribution in [3.63, 3.8) is 0 Å². The lowest BCUT2D eigenvalue weighted by molar-refractivity contribution is 0.414. The third-order valence-corrected chi connectivity index (χ3v) is 3.35. The summed E-state index contributed by atoms with van der Waals surface area (Å²) in [6, 6.07) is 0. The van der Waals surface area contributed by atoms with E-state index in [4.69, 9.17) is 17.0 Å². The number of thiocarbonyl (C=S) groups is 1. The summed E-state index contributed by atoms with van der Waals surface area (Å²) >= 11 is 5.13. The highest BCUT2D eigenvalue weighted by Crippen LogP contribution is 2.31. The zero-order valence-electron chi connectivity index (χ0n) is 9.76. The summed E-state index contributed by atoms with van der Waals surface area (Å²) < 4.78 is 5.07. The first kappa shape index (κ1) is 12.0. The van der Waals surface area contributed by atoms with Gasteiger partial charge in [-0.25, -0.2) is 0 Å². The monoisotopic (exact) mass is 224 g/mol. The maximum absolute atomic E-state index is 9.92. The van der Waals surface area contributed by atoms with E-state index in [1.54, 1.807) is 7.11 Å². The van der Waals surface area contributed by atoms with Gasteiger partial charge < -0.3 is 9.84 Å². The summed E-state index contributed by atoms with van der Waals surface area (Å²) in [4.78, 5) is 0. The molecule has 0 aliphatic carbocycles. The fourth-order valence-corrected chi connectivity index (χ4v) is 2.04. The largest absolute Gasteiger partial charge is 0.507 e. The van der Waals surface area contributed by atoms with E-state index in [9.17, 15) is 5.11 Å². The van der Waals surface area contributed by atoms with Crippen molar-refractivity contribution in [1.29, 1.82) is 0 Å². The Labute approximate surface area is 95.9 Å². The van der Waals surface area contributed by atoms with Crippen LogP contribution in [0, 0.1) is 27.7 Å². The van der Waals surface area contributed by atoms with Gasteiger partial charge in [0.1, 0.15) is 5.75 Å². The Morgan fingerprint density at radius 1 is 1.00 bits per heavy atom. The van der Waals surface area contributed by atoms with Crippen molar-refractivity contribution < 1.29 is 9.84 Å². The maximum atomic E-state index is 9.92.